The van der Waals surface area contributed by atoms with Gasteiger partial charge in [0.15, 0.2) is 0 Å². The van der Waals surface area contributed by atoms with Crippen LogP contribution in [-0.4, -0.2) is 34.4 Å². The molecule has 1 rings (SSSR count). The van der Waals surface area contributed by atoms with E-state index in [1.807, 2.05) is 6.08 Å². The fourth-order valence-corrected chi connectivity index (χ4v) is 1.46. The fraction of sp³-hybridized carbons (Fsp3) is 0.385. The Hall–Kier alpha value is -1.77. The van der Waals surface area contributed by atoms with Crippen LogP contribution in [0.2, 0.25) is 0 Å². The quantitative estimate of drug-likeness (QED) is 0.413. The topological polar surface area (TPSA) is 39.7 Å². The van der Waals surface area contributed by atoms with Crippen molar-refractivity contribution in [1.82, 2.24) is 5.32 Å². The second-order valence-corrected chi connectivity index (χ2v) is 3.35. The van der Waals surface area contributed by atoms with Crippen LogP contribution in [0, 0.1) is 6.08 Å². The van der Waals surface area contributed by atoms with E-state index in [1.54, 1.807) is 27.4 Å². The molecule has 0 atom stereocenters. The highest BCUT2D eigenvalue weighted by Gasteiger charge is 2.28. The van der Waals surface area contributed by atoms with Crippen LogP contribution in [0.15, 0.2) is 41.6 Å². The van der Waals surface area contributed by atoms with Gasteiger partial charge in [-0.2, -0.15) is 0 Å². The van der Waals surface area contributed by atoms with Crippen molar-refractivity contribution in [2.45, 2.75) is 0 Å². The molecule has 0 amide bonds. The van der Waals surface area contributed by atoms with Gasteiger partial charge in [-0.15, -0.1) is 6.58 Å². The zero-order valence-corrected chi connectivity index (χ0v) is 10.5. The number of hydrogen-bond donors (Lipinski definition) is 1. The molecule has 4 nitrogen and oxygen atoms in total. The van der Waals surface area contributed by atoms with Gasteiger partial charge < -0.3 is 14.2 Å². The van der Waals surface area contributed by atoms with Crippen LogP contribution < -0.4 is 5.32 Å². The minimum Gasteiger partial charge on any atom is -0.468 e. The second-order valence-electron chi connectivity index (χ2n) is 3.35. The van der Waals surface area contributed by atoms with Crippen LogP contribution >= 0.6 is 0 Å². The molecule has 17 heavy (non-hydrogen) atoms. The molecule has 92 valence electrons. The Morgan fingerprint density at radius 1 is 1.29 bits per heavy atom. The van der Waals surface area contributed by atoms with Crippen molar-refractivity contribution >= 4 is 0 Å². The Labute approximate surface area is 102 Å². The third kappa shape index (κ3) is 3.34. The van der Waals surface area contributed by atoms with E-state index in [-0.39, 0.29) is 0 Å². The molecule has 0 radical (unpaired) electrons. The largest absolute Gasteiger partial charge is 0.468 e. The maximum atomic E-state index is 5.26. The maximum absolute atomic E-state index is 5.26. The Balaban J connectivity index is 2.88. The summed E-state index contributed by atoms with van der Waals surface area (Å²) in [5.74, 6) is 1.83. The molecule has 0 aromatic heterocycles. The molecule has 0 saturated carbocycles. The fourth-order valence-electron chi connectivity index (χ4n) is 1.46. The zero-order valence-electron chi connectivity index (χ0n) is 10.5. The summed E-state index contributed by atoms with van der Waals surface area (Å²) in [5, 5.41) is 3.20. The van der Waals surface area contributed by atoms with Crippen molar-refractivity contribution in [3.63, 3.8) is 0 Å². The van der Waals surface area contributed by atoms with E-state index >= 15 is 0 Å². The molecular weight excluding hydrogens is 218 g/mol. The van der Waals surface area contributed by atoms with Gasteiger partial charge in [0.05, 0.1) is 27.9 Å². The summed E-state index contributed by atoms with van der Waals surface area (Å²) in [5.41, 5.74) is 0.965. The number of nitrogens with one attached hydrogen (secondary N) is 1. The molecule has 1 aliphatic rings. The van der Waals surface area contributed by atoms with E-state index in [2.05, 4.69) is 18.0 Å². The van der Waals surface area contributed by atoms with Crippen LogP contribution in [0.3, 0.4) is 0 Å². The lowest BCUT2D eigenvalue weighted by molar-refractivity contribution is 0.227. The predicted molar refractivity (Wildman–Crippen MR) is 66.0 cm³/mol. The normalized spacial score (nSPS) is 14.5. The second kappa shape index (κ2) is 6.74. The molecule has 0 heterocycles. The monoisotopic (exact) mass is 236 g/mol. The molecule has 1 aliphatic carbocycles. The first-order valence-corrected chi connectivity index (χ1v) is 5.29. The van der Waals surface area contributed by atoms with Gasteiger partial charge in [-0.1, -0.05) is 6.08 Å². The van der Waals surface area contributed by atoms with Crippen molar-refractivity contribution in [2.75, 3.05) is 34.4 Å². The SMILES string of the molecule is C=CCNCC1=CC(OC)=C(OC)[C+]=C1OC. The predicted octanol–water partition coefficient (Wildman–Crippen LogP) is 1.54. The van der Waals surface area contributed by atoms with Crippen molar-refractivity contribution in [3.8, 4) is 0 Å². The third-order valence-corrected chi connectivity index (χ3v) is 2.28. The molecule has 1 N–H and O–H groups in total. The molecule has 4 heteroatoms. The van der Waals surface area contributed by atoms with Crippen LogP contribution in [0.5, 0.6) is 0 Å². The van der Waals surface area contributed by atoms with Gasteiger partial charge in [0.1, 0.15) is 17.7 Å². The van der Waals surface area contributed by atoms with Gasteiger partial charge in [0, 0.05) is 6.54 Å². The van der Waals surface area contributed by atoms with Crippen LogP contribution in [0.4, 0.5) is 0 Å². The van der Waals surface area contributed by atoms with Crippen molar-refractivity contribution in [2.24, 2.45) is 0 Å². The first-order chi connectivity index (χ1) is 8.26. The van der Waals surface area contributed by atoms with E-state index < -0.39 is 0 Å². The highest BCUT2D eigenvalue weighted by Crippen LogP contribution is 2.23. The zero-order chi connectivity index (χ0) is 12.7. The van der Waals surface area contributed by atoms with Crippen molar-refractivity contribution in [1.29, 1.82) is 0 Å². The maximum Gasteiger partial charge on any atom is 0.337 e. The van der Waals surface area contributed by atoms with E-state index in [4.69, 9.17) is 14.2 Å². The standard InChI is InChI=1S/C13H18NO3/c1-5-6-14-9-10-7-12(16-3)13(17-4)8-11(10)15-2/h5,7,14H,1,6,9H2,2-4H3/q+1. The molecular formula is C13H18NO3+. The van der Waals surface area contributed by atoms with Crippen LogP contribution in [0.1, 0.15) is 0 Å². The lowest BCUT2D eigenvalue weighted by Gasteiger charge is -2.09. The Bertz CT molecular complexity index is 367. The highest BCUT2D eigenvalue weighted by atomic mass is 16.5. The molecule has 0 aliphatic heterocycles. The molecule has 0 unspecified atom stereocenters. The van der Waals surface area contributed by atoms with Crippen molar-refractivity contribution < 1.29 is 14.2 Å². The molecule has 0 saturated heterocycles. The van der Waals surface area contributed by atoms with E-state index in [1.165, 1.54) is 0 Å². The van der Waals surface area contributed by atoms with E-state index in [0.717, 1.165) is 12.1 Å². The van der Waals surface area contributed by atoms with Gasteiger partial charge >= 0.3 is 5.76 Å². The first-order valence-electron chi connectivity index (χ1n) is 5.29. The summed E-state index contributed by atoms with van der Waals surface area (Å²) in [7, 11) is 4.78. The number of ether oxygens (including phenoxy) is 3. The lowest BCUT2D eigenvalue weighted by Crippen LogP contribution is -2.20. The van der Waals surface area contributed by atoms with Gasteiger partial charge in [-0.3, -0.25) is 5.32 Å². The number of allylic oxidation sites excluding steroid dienone is 2. The van der Waals surface area contributed by atoms with Crippen molar-refractivity contribution in [3.05, 3.63) is 47.7 Å². The summed E-state index contributed by atoms with van der Waals surface area (Å²) in [6.45, 7) is 5.04. The average Bonchev–Trinajstić information content (AvgIpc) is 2.38. The molecule has 0 aromatic rings. The number of rotatable bonds is 7. The summed E-state index contributed by atoms with van der Waals surface area (Å²) in [4.78, 5) is 0. The number of hydrogen-bond acceptors (Lipinski definition) is 4. The summed E-state index contributed by atoms with van der Waals surface area (Å²) >= 11 is 0. The molecule has 0 fully saturated rings. The first kappa shape index (κ1) is 13.3. The Morgan fingerprint density at radius 3 is 2.59 bits per heavy atom. The summed E-state index contributed by atoms with van der Waals surface area (Å²) < 4.78 is 15.6. The van der Waals surface area contributed by atoms with E-state index in [0.29, 0.717) is 23.8 Å². The lowest BCUT2D eigenvalue weighted by atomic mass is 10.1. The summed E-state index contributed by atoms with van der Waals surface area (Å²) in [6.07, 6.45) is 6.71. The minimum absolute atomic E-state index is 0.539. The average molecular weight is 236 g/mol. The third-order valence-electron chi connectivity index (χ3n) is 2.28. The number of methoxy groups -OCH3 is 3. The minimum atomic E-state index is 0.539. The Morgan fingerprint density at radius 2 is 2.06 bits per heavy atom. The van der Waals surface area contributed by atoms with Gasteiger partial charge in [0.2, 0.25) is 0 Å². The molecule has 0 bridgehead atoms. The van der Waals surface area contributed by atoms with Gasteiger partial charge in [-0.25, -0.2) is 0 Å². The Kier molecular flexibility index (Phi) is 5.27. The summed E-state index contributed by atoms with van der Waals surface area (Å²) in [6, 6.07) is 0. The smallest absolute Gasteiger partial charge is 0.337 e. The van der Waals surface area contributed by atoms with Crippen LogP contribution in [0.25, 0.3) is 0 Å². The molecule has 0 spiro atoms. The molecule has 0 aromatic carbocycles. The van der Waals surface area contributed by atoms with Gasteiger partial charge in [-0.05, 0) is 0 Å². The van der Waals surface area contributed by atoms with Gasteiger partial charge in [0.25, 0.3) is 11.5 Å². The van der Waals surface area contributed by atoms with Crippen LogP contribution in [-0.2, 0) is 14.2 Å². The highest BCUT2D eigenvalue weighted by molar-refractivity contribution is 5.41. The van der Waals surface area contributed by atoms with E-state index in [9.17, 15) is 0 Å².